The Labute approximate surface area is 133 Å². The lowest BCUT2D eigenvalue weighted by Crippen LogP contribution is -2.53. The quantitative estimate of drug-likeness (QED) is 0.751. The van der Waals surface area contributed by atoms with Crippen LogP contribution in [0.15, 0.2) is 35.2 Å². The molecule has 0 saturated carbocycles. The van der Waals surface area contributed by atoms with Gasteiger partial charge in [-0.15, -0.1) is 0 Å². The summed E-state index contributed by atoms with van der Waals surface area (Å²) in [7, 11) is -1.46. The van der Waals surface area contributed by atoms with E-state index in [1.807, 2.05) is 6.07 Å². The Hall–Kier alpha value is -0.950. The van der Waals surface area contributed by atoms with Crippen molar-refractivity contribution in [2.75, 3.05) is 52.2 Å². The topological polar surface area (TPSA) is 49.9 Å². The van der Waals surface area contributed by atoms with Gasteiger partial charge in [0.15, 0.2) is 9.84 Å². The van der Waals surface area contributed by atoms with Crippen molar-refractivity contribution >= 4 is 9.84 Å². The van der Waals surface area contributed by atoms with Crippen molar-refractivity contribution in [1.29, 1.82) is 0 Å². The molecule has 1 atom stereocenters. The lowest BCUT2D eigenvalue weighted by atomic mass is 10.2. The van der Waals surface area contributed by atoms with Gasteiger partial charge in [-0.2, -0.15) is 0 Å². The van der Waals surface area contributed by atoms with Gasteiger partial charge < -0.3 is 4.74 Å². The van der Waals surface area contributed by atoms with Gasteiger partial charge in [0.25, 0.3) is 0 Å². The van der Waals surface area contributed by atoms with Crippen LogP contribution in [0.1, 0.15) is 6.92 Å². The van der Waals surface area contributed by atoms with Crippen LogP contribution in [0, 0.1) is 0 Å². The fraction of sp³-hybridized carbons (Fsp3) is 0.625. The van der Waals surface area contributed by atoms with E-state index in [2.05, 4.69) is 16.7 Å². The smallest absolute Gasteiger partial charge is 0.179 e. The van der Waals surface area contributed by atoms with Gasteiger partial charge in [0, 0.05) is 45.9 Å². The van der Waals surface area contributed by atoms with E-state index in [1.165, 1.54) is 0 Å². The normalized spacial score (nSPS) is 21.1. The number of nitrogens with zero attached hydrogens (tertiary/aromatic N) is 2. The standard InChI is InChI=1S/C16H26N2O3S/c1-15-14-17(8-9-18(15)10-12-21-2)11-13-22(19,20)16-6-4-3-5-7-16/h3-7,15H,8-14H2,1-2H3/t15-/m0/s1. The first-order valence-electron chi connectivity index (χ1n) is 7.76. The Morgan fingerprint density at radius 3 is 2.55 bits per heavy atom. The molecule has 0 unspecified atom stereocenters. The zero-order chi connectivity index (χ0) is 16.0. The number of hydrogen-bond acceptors (Lipinski definition) is 5. The van der Waals surface area contributed by atoms with Crippen molar-refractivity contribution < 1.29 is 13.2 Å². The molecular formula is C16H26N2O3S. The van der Waals surface area contributed by atoms with Crippen molar-refractivity contribution in [2.45, 2.75) is 17.9 Å². The van der Waals surface area contributed by atoms with Gasteiger partial charge in [0.1, 0.15) is 0 Å². The number of piperazine rings is 1. The first-order chi connectivity index (χ1) is 10.5. The van der Waals surface area contributed by atoms with E-state index in [4.69, 9.17) is 4.74 Å². The Morgan fingerprint density at radius 2 is 1.91 bits per heavy atom. The van der Waals surface area contributed by atoms with E-state index in [0.29, 0.717) is 17.5 Å². The van der Waals surface area contributed by atoms with E-state index in [-0.39, 0.29) is 5.75 Å². The fourth-order valence-electron chi connectivity index (χ4n) is 2.81. The van der Waals surface area contributed by atoms with Gasteiger partial charge in [-0.1, -0.05) is 18.2 Å². The maximum Gasteiger partial charge on any atom is 0.179 e. The van der Waals surface area contributed by atoms with Gasteiger partial charge in [-0.25, -0.2) is 8.42 Å². The third kappa shape index (κ3) is 4.78. The third-order valence-electron chi connectivity index (χ3n) is 4.21. The summed E-state index contributed by atoms with van der Waals surface area (Å²) >= 11 is 0. The van der Waals surface area contributed by atoms with E-state index < -0.39 is 9.84 Å². The first-order valence-corrected chi connectivity index (χ1v) is 9.41. The molecule has 124 valence electrons. The SMILES string of the molecule is COCCN1CCN(CCS(=O)(=O)c2ccccc2)C[C@@H]1C. The molecule has 1 heterocycles. The molecule has 2 rings (SSSR count). The summed E-state index contributed by atoms with van der Waals surface area (Å²) < 4.78 is 29.7. The summed E-state index contributed by atoms with van der Waals surface area (Å²) in [5.74, 6) is 0.182. The molecule has 1 saturated heterocycles. The largest absolute Gasteiger partial charge is 0.383 e. The lowest BCUT2D eigenvalue weighted by Gasteiger charge is -2.39. The maximum atomic E-state index is 12.3. The van der Waals surface area contributed by atoms with Crippen LogP contribution >= 0.6 is 0 Å². The molecule has 0 spiro atoms. The van der Waals surface area contributed by atoms with Gasteiger partial charge in [-0.3, -0.25) is 9.80 Å². The molecule has 1 aromatic rings. The fourth-order valence-corrected chi connectivity index (χ4v) is 4.12. The van der Waals surface area contributed by atoms with E-state index >= 15 is 0 Å². The van der Waals surface area contributed by atoms with Crippen LogP contribution in [0.3, 0.4) is 0 Å². The van der Waals surface area contributed by atoms with Crippen LogP contribution < -0.4 is 0 Å². The Bertz CT molecular complexity index is 548. The Kier molecular flexibility index (Phi) is 6.37. The van der Waals surface area contributed by atoms with Crippen LogP contribution in [0.25, 0.3) is 0 Å². The summed E-state index contributed by atoms with van der Waals surface area (Å²) in [4.78, 5) is 5.06. The van der Waals surface area contributed by atoms with Crippen LogP contribution in [0.2, 0.25) is 0 Å². The second kappa shape index (κ2) is 8.06. The Balaban J connectivity index is 1.83. The second-order valence-corrected chi connectivity index (χ2v) is 7.92. The minimum absolute atomic E-state index is 0.182. The van der Waals surface area contributed by atoms with Gasteiger partial charge >= 0.3 is 0 Å². The van der Waals surface area contributed by atoms with Gasteiger partial charge in [-0.05, 0) is 19.1 Å². The summed E-state index contributed by atoms with van der Waals surface area (Å²) in [6, 6.07) is 9.14. The predicted octanol–water partition coefficient (Wildman–Crippen LogP) is 1.11. The predicted molar refractivity (Wildman–Crippen MR) is 87.8 cm³/mol. The summed E-state index contributed by atoms with van der Waals surface area (Å²) in [5.41, 5.74) is 0. The van der Waals surface area contributed by atoms with Crippen molar-refractivity contribution in [1.82, 2.24) is 9.80 Å². The molecule has 0 radical (unpaired) electrons. The Morgan fingerprint density at radius 1 is 1.18 bits per heavy atom. The highest BCUT2D eigenvalue weighted by Gasteiger charge is 2.24. The number of rotatable bonds is 7. The second-order valence-electron chi connectivity index (χ2n) is 5.81. The third-order valence-corrected chi connectivity index (χ3v) is 5.92. The molecule has 1 aliphatic heterocycles. The molecule has 5 nitrogen and oxygen atoms in total. The summed E-state index contributed by atoms with van der Waals surface area (Å²) in [6.45, 7) is 7.26. The van der Waals surface area contributed by atoms with Crippen molar-refractivity contribution in [3.05, 3.63) is 30.3 Å². The minimum Gasteiger partial charge on any atom is -0.383 e. The maximum absolute atomic E-state index is 12.3. The zero-order valence-electron chi connectivity index (χ0n) is 13.4. The van der Waals surface area contributed by atoms with Crippen molar-refractivity contribution in [2.24, 2.45) is 0 Å². The first kappa shape index (κ1) is 17.4. The number of benzene rings is 1. The average molecular weight is 326 g/mol. The molecule has 6 heteroatoms. The van der Waals surface area contributed by atoms with Gasteiger partial charge in [0.05, 0.1) is 17.3 Å². The molecule has 1 aliphatic rings. The van der Waals surface area contributed by atoms with E-state index in [0.717, 1.165) is 32.8 Å². The molecule has 1 aromatic carbocycles. The van der Waals surface area contributed by atoms with Crippen LogP contribution in [-0.2, 0) is 14.6 Å². The molecule has 0 bridgehead atoms. The lowest BCUT2D eigenvalue weighted by molar-refractivity contribution is 0.0617. The number of hydrogen-bond donors (Lipinski definition) is 0. The molecule has 0 aromatic heterocycles. The van der Waals surface area contributed by atoms with Gasteiger partial charge in [0.2, 0.25) is 0 Å². The molecule has 0 N–H and O–H groups in total. The zero-order valence-corrected chi connectivity index (χ0v) is 14.3. The molecule has 22 heavy (non-hydrogen) atoms. The molecule has 0 aliphatic carbocycles. The molecule has 1 fully saturated rings. The minimum atomic E-state index is -3.18. The highest BCUT2D eigenvalue weighted by atomic mass is 32.2. The van der Waals surface area contributed by atoms with E-state index in [1.54, 1.807) is 31.4 Å². The van der Waals surface area contributed by atoms with Crippen molar-refractivity contribution in [3.63, 3.8) is 0 Å². The highest BCUT2D eigenvalue weighted by Crippen LogP contribution is 2.13. The number of ether oxygens (including phenoxy) is 1. The monoisotopic (exact) mass is 326 g/mol. The number of methoxy groups -OCH3 is 1. The van der Waals surface area contributed by atoms with Crippen LogP contribution in [0.4, 0.5) is 0 Å². The number of sulfone groups is 1. The van der Waals surface area contributed by atoms with Crippen LogP contribution in [0.5, 0.6) is 0 Å². The molecule has 0 amide bonds. The van der Waals surface area contributed by atoms with E-state index in [9.17, 15) is 8.42 Å². The highest BCUT2D eigenvalue weighted by molar-refractivity contribution is 7.91. The van der Waals surface area contributed by atoms with Crippen molar-refractivity contribution in [3.8, 4) is 0 Å². The average Bonchev–Trinajstić information content (AvgIpc) is 2.53. The summed E-state index contributed by atoms with van der Waals surface area (Å²) in [5, 5.41) is 0. The molecular weight excluding hydrogens is 300 g/mol. The van der Waals surface area contributed by atoms with Crippen LogP contribution in [-0.4, -0.2) is 76.5 Å². The summed E-state index contributed by atoms with van der Waals surface area (Å²) in [6.07, 6.45) is 0.